The number of aromatic nitrogens is 1. The molecule has 0 fully saturated rings. The van der Waals surface area contributed by atoms with Crippen LogP contribution in [0.2, 0.25) is 0 Å². The van der Waals surface area contributed by atoms with Crippen molar-refractivity contribution in [2.45, 2.75) is 6.61 Å². The van der Waals surface area contributed by atoms with Crippen molar-refractivity contribution in [2.24, 2.45) is 0 Å². The Hall–Kier alpha value is -1.94. The van der Waals surface area contributed by atoms with E-state index in [4.69, 9.17) is 4.74 Å². The molecule has 0 saturated heterocycles. The van der Waals surface area contributed by atoms with Gasteiger partial charge >= 0.3 is 0 Å². The third-order valence-corrected chi connectivity index (χ3v) is 3.61. The molecule has 0 bridgehead atoms. The Morgan fingerprint density at radius 2 is 2.00 bits per heavy atom. The van der Waals surface area contributed by atoms with Crippen molar-refractivity contribution in [2.75, 3.05) is 0 Å². The summed E-state index contributed by atoms with van der Waals surface area (Å²) in [7, 11) is 0. The number of rotatable bonds is 3. The van der Waals surface area contributed by atoms with E-state index < -0.39 is 0 Å². The summed E-state index contributed by atoms with van der Waals surface area (Å²) in [6.07, 6.45) is 1.77. The van der Waals surface area contributed by atoms with Crippen LogP contribution < -0.4 is 4.74 Å². The Labute approximate surface area is 124 Å². The maximum atomic E-state index is 13.4. The number of ether oxygens (including phenoxy) is 1. The van der Waals surface area contributed by atoms with Crippen LogP contribution in [0.4, 0.5) is 4.39 Å². The van der Waals surface area contributed by atoms with Crippen LogP contribution in [0.3, 0.4) is 0 Å². The predicted molar refractivity (Wildman–Crippen MR) is 80.2 cm³/mol. The molecule has 20 heavy (non-hydrogen) atoms. The lowest BCUT2D eigenvalue weighted by atomic mass is 10.1. The van der Waals surface area contributed by atoms with E-state index >= 15 is 0 Å². The van der Waals surface area contributed by atoms with Gasteiger partial charge in [-0.1, -0.05) is 12.1 Å². The standard InChI is InChI=1S/C16H11BrFNO/c17-14-5-4-13(9-15(14)18)20-10-11-3-6-16-12(8-11)2-1-7-19-16/h1-9H,10H2. The van der Waals surface area contributed by atoms with Crippen molar-refractivity contribution < 1.29 is 9.13 Å². The fourth-order valence-corrected chi connectivity index (χ4v) is 2.19. The van der Waals surface area contributed by atoms with Crippen LogP contribution in [0, 0.1) is 5.82 Å². The van der Waals surface area contributed by atoms with Gasteiger partial charge in [-0.3, -0.25) is 4.98 Å². The molecule has 0 atom stereocenters. The van der Waals surface area contributed by atoms with E-state index in [0.717, 1.165) is 16.5 Å². The molecule has 0 aliphatic rings. The van der Waals surface area contributed by atoms with Gasteiger partial charge in [-0.15, -0.1) is 0 Å². The normalized spacial score (nSPS) is 10.7. The molecule has 0 aliphatic carbocycles. The maximum absolute atomic E-state index is 13.4. The van der Waals surface area contributed by atoms with E-state index in [1.807, 2.05) is 30.3 Å². The van der Waals surface area contributed by atoms with E-state index in [1.165, 1.54) is 6.07 Å². The summed E-state index contributed by atoms with van der Waals surface area (Å²) in [6, 6.07) is 14.6. The van der Waals surface area contributed by atoms with Crippen LogP contribution in [0.1, 0.15) is 5.56 Å². The van der Waals surface area contributed by atoms with Crippen molar-refractivity contribution in [3.63, 3.8) is 0 Å². The van der Waals surface area contributed by atoms with Crippen molar-refractivity contribution in [3.8, 4) is 5.75 Å². The first-order valence-corrected chi connectivity index (χ1v) is 6.93. The lowest BCUT2D eigenvalue weighted by molar-refractivity contribution is 0.304. The second-order valence-corrected chi connectivity index (χ2v) is 5.25. The van der Waals surface area contributed by atoms with E-state index in [1.54, 1.807) is 18.3 Å². The SMILES string of the molecule is Fc1cc(OCc2ccc3ncccc3c2)ccc1Br. The van der Waals surface area contributed by atoms with E-state index in [2.05, 4.69) is 20.9 Å². The highest BCUT2D eigenvalue weighted by Gasteiger charge is 2.02. The number of hydrogen-bond acceptors (Lipinski definition) is 2. The van der Waals surface area contributed by atoms with Gasteiger partial charge in [0.05, 0.1) is 9.99 Å². The number of nitrogens with zero attached hydrogens (tertiary/aromatic N) is 1. The highest BCUT2D eigenvalue weighted by Crippen LogP contribution is 2.22. The van der Waals surface area contributed by atoms with Gasteiger partial charge in [0, 0.05) is 17.6 Å². The van der Waals surface area contributed by atoms with Crippen molar-refractivity contribution in [1.29, 1.82) is 0 Å². The Morgan fingerprint density at radius 3 is 2.85 bits per heavy atom. The third kappa shape index (κ3) is 2.80. The first-order chi connectivity index (χ1) is 9.72. The molecule has 0 amide bonds. The van der Waals surface area contributed by atoms with Crippen LogP contribution in [0.15, 0.2) is 59.2 Å². The molecule has 0 unspecified atom stereocenters. The van der Waals surface area contributed by atoms with Gasteiger partial charge in [0.25, 0.3) is 0 Å². The second kappa shape index (κ2) is 5.59. The molecular weight excluding hydrogens is 321 g/mol. The van der Waals surface area contributed by atoms with Gasteiger partial charge in [-0.25, -0.2) is 4.39 Å². The highest BCUT2D eigenvalue weighted by molar-refractivity contribution is 9.10. The summed E-state index contributed by atoms with van der Waals surface area (Å²) < 4.78 is 19.4. The van der Waals surface area contributed by atoms with Crippen molar-refractivity contribution in [3.05, 3.63) is 70.6 Å². The Morgan fingerprint density at radius 1 is 1.10 bits per heavy atom. The zero-order chi connectivity index (χ0) is 13.9. The summed E-state index contributed by atoms with van der Waals surface area (Å²) >= 11 is 3.12. The Bertz CT molecular complexity index is 760. The van der Waals surface area contributed by atoms with Gasteiger partial charge < -0.3 is 4.74 Å². The summed E-state index contributed by atoms with van der Waals surface area (Å²) in [5.41, 5.74) is 1.97. The molecule has 3 aromatic rings. The molecule has 1 heterocycles. The predicted octanol–water partition coefficient (Wildman–Crippen LogP) is 4.72. The van der Waals surface area contributed by atoms with Gasteiger partial charge in [0.2, 0.25) is 0 Å². The van der Waals surface area contributed by atoms with Gasteiger partial charge in [0.1, 0.15) is 18.2 Å². The zero-order valence-electron chi connectivity index (χ0n) is 10.5. The molecule has 0 saturated carbocycles. The topological polar surface area (TPSA) is 22.1 Å². The van der Waals surface area contributed by atoms with Crippen LogP contribution >= 0.6 is 15.9 Å². The van der Waals surface area contributed by atoms with Crippen molar-refractivity contribution >= 4 is 26.8 Å². The van der Waals surface area contributed by atoms with E-state index in [-0.39, 0.29) is 5.82 Å². The average molecular weight is 332 g/mol. The molecule has 3 rings (SSSR count). The summed E-state index contributed by atoms with van der Waals surface area (Å²) in [4.78, 5) is 4.27. The minimum absolute atomic E-state index is 0.329. The van der Waals surface area contributed by atoms with Crippen LogP contribution in [0.25, 0.3) is 10.9 Å². The molecule has 2 nitrogen and oxygen atoms in total. The molecule has 100 valence electrons. The van der Waals surface area contributed by atoms with Gasteiger partial charge in [-0.05, 0) is 51.8 Å². The largest absolute Gasteiger partial charge is 0.489 e. The summed E-state index contributed by atoms with van der Waals surface area (Å²) in [5, 5.41) is 1.07. The molecule has 1 aromatic heterocycles. The quantitative estimate of drug-likeness (QED) is 0.693. The number of benzene rings is 2. The molecule has 0 aliphatic heterocycles. The van der Waals surface area contributed by atoms with Crippen molar-refractivity contribution in [1.82, 2.24) is 4.98 Å². The minimum atomic E-state index is -0.329. The number of fused-ring (bicyclic) bond motifs is 1. The molecule has 4 heteroatoms. The van der Waals surface area contributed by atoms with Crippen LogP contribution in [-0.2, 0) is 6.61 Å². The lowest BCUT2D eigenvalue weighted by Crippen LogP contribution is -1.96. The molecule has 0 spiro atoms. The van der Waals surface area contributed by atoms with E-state index in [9.17, 15) is 4.39 Å². The van der Waals surface area contributed by atoms with Gasteiger partial charge in [0.15, 0.2) is 0 Å². The number of hydrogen-bond donors (Lipinski definition) is 0. The fourth-order valence-electron chi connectivity index (χ4n) is 1.95. The molecule has 0 N–H and O–H groups in total. The Balaban J connectivity index is 1.77. The fraction of sp³-hybridized carbons (Fsp3) is 0.0625. The second-order valence-electron chi connectivity index (χ2n) is 4.40. The summed E-state index contributed by atoms with van der Waals surface area (Å²) in [5.74, 6) is 0.183. The first kappa shape index (κ1) is 13.1. The lowest BCUT2D eigenvalue weighted by Gasteiger charge is -2.07. The highest BCUT2D eigenvalue weighted by atomic mass is 79.9. The summed E-state index contributed by atoms with van der Waals surface area (Å²) in [6.45, 7) is 0.395. The third-order valence-electron chi connectivity index (χ3n) is 2.96. The molecule has 0 radical (unpaired) electrons. The average Bonchev–Trinajstić information content (AvgIpc) is 2.48. The van der Waals surface area contributed by atoms with Crippen LogP contribution in [0.5, 0.6) is 5.75 Å². The monoisotopic (exact) mass is 331 g/mol. The number of pyridine rings is 1. The molecule has 2 aromatic carbocycles. The zero-order valence-corrected chi connectivity index (χ0v) is 12.1. The van der Waals surface area contributed by atoms with E-state index in [0.29, 0.717) is 16.8 Å². The number of halogens is 2. The minimum Gasteiger partial charge on any atom is -0.489 e. The van der Waals surface area contributed by atoms with Crippen LogP contribution in [-0.4, -0.2) is 4.98 Å². The Kier molecular flexibility index (Phi) is 3.65. The van der Waals surface area contributed by atoms with Gasteiger partial charge in [-0.2, -0.15) is 0 Å². The first-order valence-electron chi connectivity index (χ1n) is 6.14. The smallest absolute Gasteiger partial charge is 0.141 e. The maximum Gasteiger partial charge on any atom is 0.141 e. The molecular formula is C16H11BrFNO.